The van der Waals surface area contributed by atoms with Crippen LogP contribution in [0.4, 0.5) is 0 Å². The molecule has 0 fully saturated rings. The maximum Gasteiger partial charge on any atom is 0.236 e. The number of thiazole rings is 1. The maximum absolute atomic E-state index is 11.6. The number of halogens is 2. The first-order chi connectivity index (χ1) is 7.74. The average Bonchev–Trinajstić information content (AvgIpc) is 2.76. The highest BCUT2D eigenvalue weighted by molar-refractivity contribution is 7.09. The molecule has 0 bridgehead atoms. The first-order valence-electron chi connectivity index (χ1n) is 5.06. The number of methoxy groups -OCH3 is 1. The van der Waals surface area contributed by atoms with Crippen molar-refractivity contribution in [1.82, 2.24) is 15.2 Å². The van der Waals surface area contributed by atoms with Gasteiger partial charge in [0.2, 0.25) is 5.91 Å². The summed E-state index contributed by atoms with van der Waals surface area (Å²) in [4.78, 5) is 17.4. The Morgan fingerprint density at radius 1 is 1.56 bits per heavy atom. The normalized spacial score (nSPS) is 9.22. The van der Waals surface area contributed by atoms with Crippen LogP contribution in [0.25, 0.3) is 0 Å². The Morgan fingerprint density at radius 2 is 2.28 bits per heavy atom. The summed E-state index contributed by atoms with van der Waals surface area (Å²) >= 11 is 1.56. The van der Waals surface area contributed by atoms with Crippen molar-refractivity contribution in [3.63, 3.8) is 0 Å². The van der Waals surface area contributed by atoms with Crippen molar-refractivity contribution in [1.29, 1.82) is 0 Å². The van der Waals surface area contributed by atoms with Crippen LogP contribution in [0.2, 0.25) is 0 Å². The third-order valence-corrected chi connectivity index (χ3v) is 2.81. The number of carbonyl (C=O) groups excluding carboxylic acids is 1. The molecule has 0 radical (unpaired) electrons. The summed E-state index contributed by atoms with van der Waals surface area (Å²) in [5, 5.41) is 5.87. The summed E-state index contributed by atoms with van der Waals surface area (Å²) < 4.78 is 4.87. The molecule has 1 amide bonds. The molecule has 5 nitrogen and oxygen atoms in total. The fourth-order valence-electron chi connectivity index (χ4n) is 1.13. The molecule has 0 aliphatic rings. The summed E-state index contributed by atoms with van der Waals surface area (Å²) in [6.07, 6.45) is 1.75. The van der Waals surface area contributed by atoms with E-state index in [0.717, 1.165) is 5.01 Å². The number of nitrogens with one attached hydrogen (secondary N) is 1. The molecule has 1 N–H and O–H groups in total. The zero-order valence-electron chi connectivity index (χ0n) is 10.4. The Kier molecular flexibility index (Phi) is 12.9. The summed E-state index contributed by atoms with van der Waals surface area (Å²) in [6, 6.07) is 0. The van der Waals surface area contributed by atoms with Crippen LogP contribution in [-0.2, 0) is 16.1 Å². The molecule has 0 spiro atoms. The van der Waals surface area contributed by atoms with E-state index in [4.69, 9.17) is 4.74 Å². The highest BCUT2D eigenvalue weighted by atomic mass is 35.5. The molecule has 8 heteroatoms. The first-order valence-corrected chi connectivity index (χ1v) is 5.94. The molecule has 0 atom stereocenters. The van der Waals surface area contributed by atoms with E-state index < -0.39 is 0 Å². The second-order valence-electron chi connectivity index (χ2n) is 3.35. The van der Waals surface area contributed by atoms with Crippen molar-refractivity contribution in [3.05, 3.63) is 16.6 Å². The zero-order valence-corrected chi connectivity index (χ0v) is 12.9. The van der Waals surface area contributed by atoms with Gasteiger partial charge in [0, 0.05) is 32.3 Å². The quantitative estimate of drug-likeness (QED) is 0.768. The van der Waals surface area contributed by atoms with E-state index in [1.54, 1.807) is 36.6 Å². The van der Waals surface area contributed by atoms with E-state index >= 15 is 0 Å². The van der Waals surface area contributed by atoms with Crippen LogP contribution in [0.15, 0.2) is 11.6 Å². The van der Waals surface area contributed by atoms with Gasteiger partial charge < -0.3 is 15.0 Å². The molecule has 0 aromatic carbocycles. The third-order valence-electron chi connectivity index (χ3n) is 2.04. The lowest BCUT2D eigenvalue weighted by Crippen LogP contribution is -2.36. The molecule has 0 saturated heterocycles. The van der Waals surface area contributed by atoms with Gasteiger partial charge in [-0.15, -0.1) is 36.2 Å². The summed E-state index contributed by atoms with van der Waals surface area (Å²) in [5.41, 5.74) is 0. The van der Waals surface area contributed by atoms with E-state index in [-0.39, 0.29) is 30.7 Å². The number of ether oxygens (including phenoxy) is 1. The fourth-order valence-corrected chi connectivity index (χ4v) is 1.80. The van der Waals surface area contributed by atoms with Gasteiger partial charge in [-0.05, 0) is 0 Å². The SMILES string of the molecule is COCCNCC(=O)N(C)Cc1nccs1.Cl.Cl. The van der Waals surface area contributed by atoms with Gasteiger partial charge in [0.05, 0.1) is 19.7 Å². The van der Waals surface area contributed by atoms with Crippen LogP contribution in [0.5, 0.6) is 0 Å². The Bertz CT molecular complexity index is 312. The predicted octanol–water partition coefficient (Wildman–Crippen LogP) is 1.18. The number of hydrogen-bond acceptors (Lipinski definition) is 5. The van der Waals surface area contributed by atoms with Crippen molar-refractivity contribution >= 4 is 42.1 Å². The number of likely N-dealkylation sites (N-methyl/N-ethyl adjacent to an activating group) is 1. The fraction of sp³-hybridized carbons (Fsp3) is 0.600. The number of nitrogens with zero attached hydrogens (tertiary/aromatic N) is 2. The number of hydrogen-bond donors (Lipinski definition) is 1. The predicted molar refractivity (Wildman–Crippen MR) is 77.8 cm³/mol. The third kappa shape index (κ3) is 7.84. The monoisotopic (exact) mass is 315 g/mol. The molecule has 0 aliphatic carbocycles. The second kappa shape index (κ2) is 11.7. The van der Waals surface area contributed by atoms with Gasteiger partial charge in [-0.2, -0.15) is 0 Å². The molecule has 0 unspecified atom stereocenters. The smallest absolute Gasteiger partial charge is 0.236 e. The number of rotatable bonds is 7. The molecule has 106 valence electrons. The van der Waals surface area contributed by atoms with Gasteiger partial charge >= 0.3 is 0 Å². The Morgan fingerprint density at radius 3 is 2.83 bits per heavy atom. The maximum atomic E-state index is 11.6. The Labute approximate surface area is 124 Å². The minimum absolute atomic E-state index is 0. The van der Waals surface area contributed by atoms with Crippen LogP contribution in [0.3, 0.4) is 0 Å². The molecule has 0 aliphatic heterocycles. The zero-order chi connectivity index (χ0) is 11.8. The van der Waals surface area contributed by atoms with Gasteiger partial charge in [-0.1, -0.05) is 0 Å². The summed E-state index contributed by atoms with van der Waals surface area (Å²) in [5.74, 6) is 0.0614. The molecule has 1 heterocycles. The Balaban J connectivity index is 0. The first kappa shape index (κ1) is 19.9. The molecule has 18 heavy (non-hydrogen) atoms. The molecule has 1 rings (SSSR count). The van der Waals surface area contributed by atoms with Crippen molar-refractivity contribution < 1.29 is 9.53 Å². The number of carbonyl (C=O) groups is 1. The largest absolute Gasteiger partial charge is 0.383 e. The molecular weight excluding hydrogens is 297 g/mol. The van der Waals surface area contributed by atoms with Crippen molar-refractivity contribution in [3.8, 4) is 0 Å². The molecule has 1 aromatic heterocycles. The van der Waals surface area contributed by atoms with Gasteiger partial charge in [-0.25, -0.2) is 4.98 Å². The number of amides is 1. The standard InChI is InChI=1S/C10H17N3O2S.2ClH/c1-13(8-9-12-4-6-16-9)10(14)7-11-3-5-15-2;;/h4,6,11H,3,5,7-8H2,1-2H3;2*1H. The lowest BCUT2D eigenvalue weighted by Gasteiger charge is -2.15. The Hall–Kier alpha value is -0.400. The minimum Gasteiger partial charge on any atom is -0.383 e. The van der Waals surface area contributed by atoms with Gasteiger partial charge in [0.15, 0.2) is 0 Å². The second-order valence-corrected chi connectivity index (χ2v) is 4.32. The summed E-state index contributed by atoms with van der Waals surface area (Å²) in [7, 11) is 3.42. The highest BCUT2D eigenvalue weighted by Crippen LogP contribution is 2.06. The van der Waals surface area contributed by atoms with Crippen molar-refractivity contribution in [2.45, 2.75) is 6.54 Å². The van der Waals surface area contributed by atoms with Crippen LogP contribution in [-0.4, -0.2) is 49.6 Å². The minimum atomic E-state index is 0. The van der Waals surface area contributed by atoms with Crippen LogP contribution < -0.4 is 5.32 Å². The highest BCUT2D eigenvalue weighted by Gasteiger charge is 2.09. The lowest BCUT2D eigenvalue weighted by molar-refractivity contribution is -0.129. The van der Waals surface area contributed by atoms with Crippen LogP contribution >= 0.6 is 36.2 Å². The topological polar surface area (TPSA) is 54.5 Å². The van der Waals surface area contributed by atoms with E-state index in [1.807, 2.05) is 5.38 Å². The average molecular weight is 316 g/mol. The van der Waals surface area contributed by atoms with Gasteiger partial charge in [0.25, 0.3) is 0 Å². The van der Waals surface area contributed by atoms with Crippen molar-refractivity contribution in [2.24, 2.45) is 0 Å². The number of aromatic nitrogens is 1. The van der Waals surface area contributed by atoms with Gasteiger partial charge in [-0.3, -0.25) is 4.79 Å². The lowest BCUT2D eigenvalue weighted by atomic mass is 10.4. The molecule has 1 aromatic rings. The van der Waals surface area contributed by atoms with Crippen LogP contribution in [0.1, 0.15) is 5.01 Å². The molecule has 0 saturated carbocycles. The van der Waals surface area contributed by atoms with E-state index in [2.05, 4.69) is 10.3 Å². The van der Waals surface area contributed by atoms with Crippen molar-refractivity contribution in [2.75, 3.05) is 33.9 Å². The van der Waals surface area contributed by atoms with E-state index in [1.165, 1.54) is 0 Å². The van der Waals surface area contributed by atoms with E-state index in [0.29, 0.717) is 26.2 Å². The summed E-state index contributed by atoms with van der Waals surface area (Å²) in [6.45, 7) is 2.21. The van der Waals surface area contributed by atoms with Crippen LogP contribution in [0, 0.1) is 0 Å². The molecular formula is C10H19Cl2N3O2S. The van der Waals surface area contributed by atoms with Gasteiger partial charge in [0.1, 0.15) is 5.01 Å². The van der Waals surface area contributed by atoms with E-state index in [9.17, 15) is 4.79 Å².